The van der Waals surface area contributed by atoms with Gasteiger partial charge >= 0.3 is 12.5 Å². The Morgan fingerprint density at radius 2 is 1.69 bits per heavy atom. The van der Waals surface area contributed by atoms with Crippen molar-refractivity contribution in [2.45, 2.75) is 19.1 Å². The Balaban J connectivity index is 1.65. The number of carbonyl (C=O) groups excluding carboxylic acids is 1. The number of nitrogens with one attached hydrogen (secondary N) is 1. The van der Waals surface area contributed by atoms with Gasteiger partial charge in [-0.2, -0.15) is 18.3 Å². The molecule has 0 aliphatic heterocycles. The molecule has 2 aromatic carbocycles. The van der Waals surface area contributed by atoms with Crippen molar-refractivity contribution in [3.8, 4) is 5.75 Å². The summed E-state index contributed by atoms with van der Waals surface area (Å²) in [7, 11) is 0. The van der Waals surface area contributed by atoms with Gasteiger partial charge in [-0.1, -0.05) is 30.3 Å². The quantitative estimate of drug-likeness (QED) is 0.453. The predicted octanol–water partition coefficient (Wildman–Crippen LogP) is 4.73. The zero-order chi connectivity index (χ0) is 23.1. The molecule has 0 saturated heterocycles. The number of alkyl halides is 6. The third-order valence-electron chi connectivity index (χ3n) is 4.41. The van der Waals surface area contributed by atoms with Crippen LogP contribution in [0.2, 0.25) is 0 Å². The van der Waals surface area contributed by atoms with Crippen LogP contribution < -0.4 is 10.1 Å². The third kappa shape index (κ3) is 4.29. The van der Waals surface area contributed by atoms with Crippen molar-refractivity contribution in [2.75, 3.05) is 0 Å². The van der Waals surface area contributed by atoms with Gasteiger partial charge in [-0.15, -0.1) is 13.2 Å². The predicted molar refractivity (Wildman–Crippen MR) is 99.8 cm³/mol. The van der Waals surface area contributed by atoms with Crippen molar-refractivity contribution in [1.82, 2.24) is 19.9 Å². The van der Waals surface area contributed by atoms with E-state index in [4.69, 9.17) is 0 Å². The van der Waals surface area contributed by atoms with Crippen LogP contribution >= 0.6 is 0 Å². The number of halogens is 6. The number of nitrogens with zero attached hydrogens (tertiary/aromatic N) is 3. The molecule has 4 aromatic rings. The molecule has 0 unspecified atom stereocenters. The Hall–Kier alpha value is -3.83. The Kier molecular flexibility index (Phi) is 5.15. The fraction of sp³-hybridized carbons (Fsp3) is 0.150. The molecule has 2 heterocycles. The highest BCUT2D eigenvalue weighted by atomic mass is 19.4. The number of fused-ring (bicyclic) bond motifs is 3. The van der Waals surface area contributed by atoms with Gasteiger partial charge in [0.2, 0.25) is 5.82 Å². The van der Waals surface area contributed by atoms with Crippen molar-refractivity contribution in [3.63, 3.8) is 0 Å². The van der Waals surface area contributed by atoms with Gasteiger partial charge in [-0.3, -0.25) is 4.79 Å². The first-order chi connectivity index (χ1) is 15.0. The molecule has 6 nitrogen and oxygen atoms in total. The number of hydrogen-bond acceptors (Lipinski definition) is 4. The summed E-state index contributed by atoms with van der Waals surface area (Å²) in [4.78, 5) is 16.0. The molecule has 0 aliphatic rings. The van der Waals surface area contributed by atoms with Crippen LogP contribution in [0.15, 0.2) is 54.6 Å². The second kappa shape index (κ2) is 7.70. The highest BCUT2D eigenvalue weighted by Crippen LogP contribution is 2.31. The fourth-order valence-corrected chi connectivity index (χ4v) is 3.14. The van der Waals surface area contributed by atoms with E-state index in [9.17, 15) is 31.1 Å². The molecule has 0 atom stereocenters. The summed E-state index contributed by atoms with van der Waals surface area (Å²) < 4.78 is 82.5. The van der Waals surface area contributed by atoms with E-state index in [0.717, 1.165) is 12.1 Å². The summed E-state index contributed by atoms with van der Waals surface area (Å²) in [5.41, 5.74) is -0.109. The van der Waals surface area contributed by atoms with E-state index in [1.54, 1.807) is 18.2 Å². The monoisotopic (exact) mass is 454 g/mol. The minimum atomic E-state index is -5.00. The van der Waals surface area contributed by atoms with Crippen LogP contribution in [0.1, 0.15) is 21.9 Å². The van der Waals surface area contributed by atoms with Crippen LogP contribution in [0.3, 0.4) is 0 Å². The number of ether oxygens (including phenoxy) is 1. The maximum atomic E-state index is 13.5. The van der Waals surface area contributed by atoms with E-state index in [-0.39, 0.29) is 23.3 Å². The maximum Gasteiger partial charge on any atom is 0.573 e. The van der Waals surface area contributed by atoms with Crippen molar-refractivity contribution >= 4 is 22.3 Å². The largest absolute Gasteiger partial charge is 0.573 e. The SMILES string of the molecule is O=C(NCc1cc2c3ccccc3nc(C(F)(F)F)n2n1)c1ccccc1OC(F)(F)F. The van der Waals surface area contributed by atoms with E-state index in [0.29, 0.717) is 9.90 Å². The summed E-state index contributed by atoms with van der Waals surface area (Å²) in [5.74, 6) is -2.87. The van der Waals surface area contributed by atoms with Crippen molar-refractivity contribution < 1.29 is 35.9 Å². The van der Waals surface area contributed by atoms with Gasteiger partial charge in [0.25, 0.3) is 5.91 Å². The normalized spacial score (nSPS) is 12.3. The molecular weight excluding hydrogens is 442 g/mol. The Morgan fingerprint density at radius 1 is 1.00 bits per heavy atom. The van der Waals surface area contributed by atoms with E-state index in [1.807, 2.05) is 0 Å². The molecule has 1 N–H and O–H groups in total. The third-order valence-corrected chi connectivity index (χ3v) is 4.41. The molecule has 12 heteroatoms. The second-order valence-corrected chi connectivity index (χ2v) is 6.61. The lowest BCUT2D eigenvalue weighted by Gasteiger charge is -2.12. The summed E-state index contributed by atoms with van der Waals surface area (Å²) in [6.45, 7) is -0.341. The number of carbonyl (C=O) groups is 1. The first kappa shape index (κ1) is 21.4. The lowest BCUT2D eigenvalue weighted by Crippen LogP contribution is -2.25. The molecular formula is C20H12F6N4O2. The van der Waals surface area contributed by atoms with Crippen molar-refractivity contribution in [1.29, 1.82) is 0 Å². The molecule has 0 spiro atoms. The molecule has 0 radical (unpaired) electrons. The summed E-state index contributed by atoms with van der Waals surface area (Å²) >= 11 is 0. The lowest BCUT2D eigenvalue weighted by atomic mass is 10.2. The lowest BCUT2D eigenvalue weighted by molar-refractivity contribution is -0.274. The maximum absolute atomic E-state index is 13.5. The van der Waals surface area contributed by atoms with Gasteiger partial charge in [-0.25, -0.2) is 9.50 Å². The Morgan fingerprint density at radius 3 is 2.41 bits per heavy atom. The molecule has 2 aromatic heterocycles. The number of amides is 1. The summed E-state index contributed by atoms with van der Waals surface area (Å²) in [5, 5.41) is 6.64. The molecule has 1 amide bonds. The first-order valence-electron chi connectivity index (χ1n) is 9.00. The van der Waals surface area contributed by atoms with E-state index >= 15 is 0 Å². The smallest absolute Gasteiger partial charge is 0.405 e. The highest BCUT2D eigenvalue weighted by Gasteiger charge is 2.37. The van der Waals surface area contributed by atoms with Crippen molar-refractivity contribution in [2.24, 2.45) is 0 Å². The number of rotatable bonds is 4. The van der Waals surface area contributed by atoms with Crippen LogP contribution in [0.25, 0.3) is 16.4 Å². The minimum Gasteiger partial charge on any atom is -0.405 e. The van der Waals surface area contributed by atoms with Gasteiger partial charge in [0.1, 0.15) is 5.75 Å². The molecule has 0 aliphatic carbocycles. The van der Waals surface area contributed by atoms with Gasteiger partial charge in [0, 0.05) is 5.39 Å². The van der Waals surface area contributed by atoms with Crippen LogP contribution in [0.4, 0.5) is 26.3 Å². The Bertz CT molecular complexity index is 1310. The molecule has 0 saturated carbocycles. The molecule has 166 valence electrons. The Labute approximate surface area is 175 Å². The van der Waals surface area contributed by atoms with Crippen LogP contribution in [-0.4, -0.2) is 26.9 Å². The molecule has 32 heavy (non-hydrogen) atoms. The molecule has 0 bridgehead atoms. The number of benzene rings is 2. The zero-order valence-electron chi connectivity index (χ0n) is 15.8. The molecule has 4 rings (SSSR count). The second-order valence-electron chi connectivity index (χ2n) is 6.61. The number of para-hydroxylation sites is 2. The van der Waals surface area contributed by atoms with Crippen LogP contribution in [0.5, 0.6) is 5.75 Å². The number of hydrogen-bond donors (Lipinski definition) is 1. The van der Waals surface area contributed by atoms with Crippen LogP contribution in [0, 0.1) is 0 Å². The van der Waals surface area contributed by atoms with Crippen LogP contribution in [-0.2, 0) is 12.7 Å². The zero-order valence-corrected chi connectivity index (χ0v) is 15.8. The first-order valence-corrected chi connectivity index (χ1v) is 9.00. The van der Waals surface area contributed by atoms with Gasteiger partial charge < -0.3 is 10.1 Å². The van der Waals surface area contributed by atoms with E-state index < -0.39 is 35.6 Å². The summed E-state index contributed by atoms with van der Waals surface area (Å²) in [6, 6.07) is 12.2. The van der Waals surface area contributed by atoms with Gasteiger partial charge in [0.05, 0.1) is 28.8 Å². The van der Waals surface area contributed by atoms with Gasteiger partial charge in [0.15, 0.2) is 0 Å². The topological polar surface area (TPSA) is 68.5 Å². The average molecular weight is 454 g/mol. The average Bonchev–Trinajstić information content (AvgIpc) is 3.14. The van der Waals surface area contributed by atoms with E-state index in [1.165, 1.54) is 24.3 Å². The van der Waals surface area contributed by atoms with Gasteiger partial charge in [-0.05, 0) is 24.3 Å². The van der Waals surface area contributed by atoms with Crippen molar-refractivity contribution in [3.05, 3.63) is 71.7 Å². The fourth-order valence-electron chi connectivity index (χ4n) is 3.14. The molecule has 0 fully saturated rings. The highest BCUT2D eigenvalue weighted by molar-refractivity contribution is 5.97. The standard InChI is InChI=1S/C20H12F6N4O2/c21-19(22,23)18-28-14-7-3-1-5-12(14)15-9-11(29-30(15)18)10-27-17(31)13-6-2-4-8-16(13)32-20(24,25)26/h1-9H,10H2,(H,27,31). The number of aromatic nitrogens is 3. The summed E-state index contributed by atoms with van der Waals surface area (Å²) in [6.07, 6.45) is -9.79. The van der Waals surface area contributed by atoms with E-state index in [2.05, 4.69) is 20.1 Å². The minimum absolute atomic E-state index is 0.0521.